The summed E-state index contributed by atoms with van der Waals surface area (Å²) < 4.78 is 1.68. The van der Waals surface area contributed by atoms with Gasteiger partial charge in [0.05, 0.1) is 11.2 Å². The van der Waals surface area contributed by atoms with Gasteiger partial charge >= 0.3 is 0 Å². The molecule has 0 aliphatic carbocycles. The standard InChI is InChI=1S/C14H13N5O/c15-9-6-7-11-12(8-9)19(10-4-2-1-3-5-10)18-13(11)14(20)17-16/h1-8H,15-16H2,(H,17,20). The Morgan fingerprint density at radius 2 is 1.90 bits per heavy atom. The highest BCUT2D eigenvalue weighted by Crippen LogP contribution is 2.24. The predicted molar refractivity (Wildman–Crippen MR) is 77.1 cm³/mol. The number of amides is 1. The fourth-order valence-electron chi connectivity index (χ4n) is 2.13. The Morgan fingerprint density at radius 1 is 1.15 bits per heavy atom. The summed E-state index contributed by atoms with van der Waals surface area (Å²) in [6, 6.07) is 14.8. The van der Waals surface area contributed by atoms with Crippen LogP contribution in [0.4, 0.5) is 5.69 Å². The number of para-hydroxylation sites is 1. The van der Waals surface area contributed by atoms with Crippen LogP contribution in [0.5, 0.6) is 0 Å². The Hall–Kier alpha value is -2.86. The van der Waals surface area contributed by atoms with Gasteiger partial charge in [0.25, 0.3) is 5.91 Å². The number of carbonyl (C=O) groups is 1. The van der Waals surface area contributed by atoms with Crippen molar-refractivity contribution in [1.82, 2.24) is 15.2 Å². The lowest BCUT2D eigenvalue weighted by atomic mass is 10.2. The molecular weight excluding hydrogens is 254 g/mol. The summed E-state index contributed by atoms with van der Waals surface area (Å²) in [5.74, 6) is 4.76. The highest BCUT2D eigenvalue weighted by molar-refractivity contribution is 6.05. The summed E-state index contributed by atoms with van der Waals surface area (Å²) in [5, 5.41) is 5.04. The molecule has 2 aromatic carbocycles. The van der Waals surface area contributed by atoms with Crippen molar-refractivity contribution in [1.29, 1.82) is 0 Å². The summed E-state index contributed by atoms with van der Waals surface area (Å²) >= 11 is 0. The molecule has 5 N–H and O–H groups in total. The lowest BCUT2D eigenvalue weighted by molar-refractivity contribution is 0.0950. The first-order valence-electron chi connectivity index (χ1n) is 6.05. The number of carbonyl (C=O) groups excluding carboxylic acids is 1. The third-order valence-corrected chi connectivity index (χ3v) is 3.05. The summed E-state index contributed by atoms with van der Waals surface area (Å²) in [7, 11) is 0. The molecule has 0 aliphatic rings. The number of hydrogen-bond donors (Lipinski definition) is 3. The SMILES string of the molecule is NNC(=O)c1nn(-c2ccccc2)c2cc(N)ccc12. The topological polar surface area (TPSA) is 99.0 Å². The number of hydrazine groups is 1. The fourth-order valence-corrected chi connectivity index (χ4v) is 2.13. The zero-order valence-corrected chi connectivity index (χ0v) is 10.6. The Morgan fingerprint density at radius 3 is 2.60 bits per heavy atom. The molecule has 20 heavy (non-hydrogen) atoms. The molecule has 0 aliphatic heterocycles. The maximum atomic E-state index is 11.8. The minimum absolute atomic E-state index is 0.270. The van der Waals surface area contributed by atoms with Gasteiger partial charge in [-0.3, -0.25) is 10.2 Å². The fraction of sp³-hybridized carbons (Fsp3) is 0. The first-order chi connectivity index (χ1) is 9.70. The van der Waals surface area contributed by atoms with Crippen molar-refractivity contribution in [2.75, 3.05) is 5.73 Å². The van der Waals surface area contributed by atoms with Gasteiger partial charge in [-0.05, 0) is 30.3 Å². The van der Waals surface area contributed by atoms with Crippen LogP contribution in [0.25, 0.3) is 16.6 Å². The second-order valence-electron chi connectivity index (χ2n) is 4.35. The van der Waals surface area contributed by atoms with Gasteiger partial charge in [0.1, 0.15) is 0 Å². The first kappa shape index (κ1) is 12.2. The highest BCUT2D eigenvalue weighted by atomic mass is 16.2. The molecule has 1 amide bonds. The molecule has 6 heteroatoms. The van der Waals surface area contributed by atoms with Crippen LogP contribution in [-0.4, -0.2) is 15.7 Å². The van der Waals surface area contributed by atoms with Crippen molar-refractivity contribution < 1.29 is 4.79 Å². The summed E-state index contributed by atoms with van der Waals surface area (Å²) in [6.45, 7) is 0. The first-order valence-corrected chi connectivity index (χ1v) is 6.05. The third kappa shape index (κ3) is 1.88. The van der Waals surface area contributed by atoms with Gasteiger partial charge in [-0.2, -0.15) is 5.10 Å². The number of nitrogens with zero attached hydrogens (tertiary/aromatic N) is 2. The molecule has 1 heterocycles. The van der Waals surface area contributed by atoms with Crippen LogP contribution in [-0.2, 0) is 0 Å². The lowest BCUT2D eigenvalue weighted by Gasteiger charge is -2.03. The van der Waals surface area contributed by atoms with Crippen LogP contribution >= 0.6 is 0 Å². The van der Waals surface area contributed by atoms with E-state index in [1.54, 1.807) is 22.9 Å². The molecule has 0 saturated carbocycles. The van der Waals surface area contributed by atoms with E-state index in [9.17, 15) is 4.79 Å². The Bertz CT molecular complexity index is 779. The van der Waals surface area contributed by atoms with Crippen LogP contribution in [0.1, 0.15) is 10.5 Å². The molecule has 0 fully saturated rings. The molecule has 100 valence electrons. The third-order valence-electron chi connectivity index (χ3n) is 3.05. The summed E-state index contributed by atoms with van der Waals surface area (Å²) in [4.78, 5) is 11.8. The number of aromatic nitrogens is 2. The van der Waals surface area contributed by atoms with Crippen molar-refractivity contribution in [2.24, 2.45) is 5.84 Å². The number of nitrogens with one attached hydrogen (secondary N) is 1. The molecule has 1 aromatic heterocycles. The average molecular weight is 267 g/mol. The minimum Gasteiger partial charge on any atom is -0.399 e. The zero-order valence-electron chi connectivity index (χ0n) is 10.6. The molecule has 3 aromatic rings. The Kier molecular flexibility index (Phi) is 2.85. The van der Waals surface area contributed by atoms with E-state index in [-0.39, 0.29) is 5.69 Å². The number of hydrogen-bond acceptors (Lipinski definition) is 4. The van der Waals surface area contributed by atoms with E-state index in [1.807, 2.05) is 30.3 Å². The quantitative estimate of drug-likeness (QED) is 0.281. The molecule has 0 unspecified atom stereocenters. The largest absolute Gasteiger partial charge is 0.399 e. The Balaban J connectivity index is 2.32. The van der Waals surface area contributed by atoms with Crippen molar-refractivity contribution >= 4 is 22.5 Å². The van der Waals surface area contributed by atoms with Crippen molar-refractivity contribution in [2.45, 2.75) is 0 Å². The zero-order chi connectivity index (χ0) is 14.1. The van der Waals surface area contributed by atoms with Gasteiger partial charge in [-0.15, -0.1) is 0 Å². The average Bonchev–Trinajstić information content (AvgIpc) is 2.86. The van der Waals surface area contributed by atoms with Gasteiger partial charge in [-0.25, -0.2) is 10.5 Å². The molecule has 0 saturated heterocycles. The normalized spacial score (nSPS) is 10.7. The van der Waals surface area contributed by atoms with Gasteiger partial charge in [0, 0.05) is 11.1 Å². The van der Waals surface area contributed by atoms with E-state index in [2.05, 4.69) is 10.5 Å². The highest BCUT2D eigenvalue weighted by Gasteiger charge is 2.17. The van der Waals surface area contributed by atoms with Crippen LogP contribution < -0.4 is 17.0 Å². The van der Waals surface area contributed by atoms with Gasteiger partial charge in [0.15, 0.2) is 5.69 Å². The second kappa shape index (κ2) is 4.67. The summed E-state index contributed by atoms with van der Waals surface area (Å²) in [6.07, 6.45) is 0. The van der Waals surface area contributed by atoms with Crippen molar-refractivity contribution in [3.8, 4) is 5.69 Å². The number of nitrogen functional groups attached to an aromatic ring is 2. The number of rotatable bonds is 2. The molecule has 6 nitrogen and oxygen atoms in total. The van der Waals surface area contributed by atoms with Gasteiger partial charge in [0.2, 0.25) is 0 Å². The van der Waals surface area contributed by atoms with Gasteiger partial charge < -0.3 is 5.73 Å². The van der Waals surface area contributed by atoms with E-state index in [1.165, 1.54) is 0 Å². The number of anilines is 1. The maximum absolute atomic E-state index is 11.8. The molecule has 0 spiro atoms. The second-order valence-corrected chi connectivity index (χ2v) is 4.35. The van der Waals surface area contributed by atoms with Crippen LogP contribution in [0.2, 0.25) is 0 Å². The minimum atomic E-state index is -0.436. The van der Waals surface area contributed by atoms with Gasteiger partial charge in [-0.1, -0.05) is 18.2 Å². The molecule has 3 rings (SSSR count). The smallest absolute Gasteiger partial charge is 0.286 e. The number of nitrogens with two attached hydrogens (primary N) is 2. The number of fused-ring (bicyclic) bond motifs is 1. The van der Waals surface area contributed by atoms with Crippen LogP contribution in [0.3, 0.4) is 0 Å². The maximum Gasteiger partial charge on any atom is 0.286 e. The van der Waals surface area contributed by atoms with Crippen LogP contribution in [0.15, 0.2) is 48.5 Å². The van der Waals surface area contributed by atoms with E-state index >= 15 is 0 Å². The van der Waals surface area contributed by atoms with E-state index in [4.69, 9.17) is 11.6 Å². The molecule has 0 atom stereocenters. The number of benzene rings is 2. The van der Waals surface area contributed by atoms with E-state index in [0.717, 1.165) is 11.2 Å². The summed E-state index contributed by atoms with van der Waals surface area (Å²) in [5.41, 5.74) is 10.4. The van der Waals surface area contributed by atoms with E-state index in [0.29, 0.717) is 11.1 Å². The Labute approximate surface area is 115 Å². The molecular formula is C14H13N5O. The van der Waals surface area contributed by atoms with Crippen LogP contribution in [0, 0.1) is 0 Å². The van der Waals surface area contributed by atoms with Crippen molar-refractivity contribution in [3.63, 3.8) is 0 Å². The van der Waals surface area contributed by atoms with Crippen molar-refractivity contribution in [3.05, 3.63) is 54.2 Å². The lowest BCUT2D eigenvalue weighted by Crippen LogP contribution is -2.30. The van der Waals surface area contributed by atoms with E-state index < -0.39 is 5.91 Å². The monoisotopic (exact) mass is 267 g/mol. The predicted octanol–water partition coefficient (Wildman–Crippen LogP) is 1.21. The molecule has 0 bridgehead atoms. The molecule has 0 radical (unpaired) electrons.